The lowest BCUT2D eigenvalue weighted by atomic mass is 10.1. The van der Waals surface area contributed by atoms with Gasteiger partial charge < -0.3 is 14.7 Å². The Kier molecular flexibility index (Phi) is 4.13. The van der Waals surface area contributed by atoms with Crippen molar-refractivity contribution in [2.45, 2.75) is 39.2 Å². The molecule has 0 aliphatic carbocycles. The molecule has 0 bridgehead atoms. The van der Waals surface area contributed by atoms with Crippen molar-refractivity contribution in [3.8, 4) is 0 Å². The van der Waals surface area contributed by atoms with Gasteiger partial charge in [-0.2, -0.15) is 0 Å². The Balaban J connectivity index is 1.72. The van der Waals surface area contributed by atoms with E-state index < -0.39 is 0 Å². The molecule has 1 aliphatic rings. The average Bonchev–Trinajstić information content (AvgIpc) is 3.17. The van der Waals surface area contributed by atoms with Crippen molar-refractivity contribution in [1.82, 2.24) is 10.1 Å². The van der Waals surface area contributed by atoms with Crippen molar-refractivity contribution >= 4 is 11.7 Å². The maximum atomic E-state index is 12.5. The minimum atomic E-state index is -0.0826. The number of hydrogen-bond acceptors (Lipinski definition) is 3. The van der Waals surface area contributed by atoms with Crippen LogP contribution in [-0.2, 0) is 6.42 Å². The van der Waals surface area contributed by atoms with Crippen LogP contribution in [0.5, 0.6) is 0 Å². The van der Waals surface area contributed by atoms with E-state index in [0.717, 1.165) is 42.9 Å². The van der Waals surface area contributed by atoms with Crippen molar-refractivity contribution in [2.24, 2.45) is 0 Å². The molecule has 0 unspecified atom stereocenters. The van der Waals surface area contributed by atoms with Crippen LogP contribution in [0.2, 0.25) is 0 Å². The second kappa shape index (κ2) is 6.22. The number of aromatic nitrogens is 1. The number of urea groups is 1. The fraction of sp³-hybridized carbons (Fsp3) is 0.412. The Morgan fingerprint density at radius 3 is 2.86 bits per heavy atom. The number of carbonyl (C=O) groups is 1. The predicted molar refractivity (Wildman–Crippen MR) is 84.8 cm³/mol. The van der Waals surface area contributed by atoms with Crippen LogP contribution in [0.4, 0.5) is 10.5 Å². The summed E-state index contributed by atoms with van der Waals surface area (Å²) in [6.45, 7) is 4.81. The lowest BCUT2D eigenvalue weighted by Gasteiger charge is -2.23. The largest absolute Gasteiger partial charge is 0.359 e. The highest BCUT2D eigenvalue weighted by atomic mass is 16.5. The molecule has 1 atom stereocenters. The van der Waals surface area contributed by atoms with E-state index in [0.29, 0.717) is 0 Å². The quantitative estimate of drug-likeness (QED) is 0.934. The summed E-state index contributed by atoms with van der Waals surface area (Å²) in [4.78, 5) is 14.3. The van der Waals surface area contributed by atoms with E-state index in [-0.39, 0.29) is 12.1 Å². The highest BCUT2D eigenvalue weighted by Gasteiger charge is 2.32. The predicted octanol–water partition coefficient (Wildman–Crippen LogP) is 3.91. The number of hydrogen-bond donors (Lipinski definition) is 1. The SMILES string of the molecule is CCc1cc([C@@H]2CCCN2C(=O)Nc2ccc(C)cc2)on1. The Morgan fingerprint density at radius 1 is 1.41 bits per heavy atom. The third-order valence-corrected chi connectivity index (χ3v) is 4.08. The minimum Gasteiger partial charge on any atom is -0.359 e. The molecule has 1 aromatic heterocycles. The topological polar surface area (TPSA) is 58.4 Å². The first kappa shape index (κ1) is 14.6. The molecular formula is C17H21N3O2. The summed E-state index contributed by atoms with van der Waals surface area (Å²) in [7, 11) is 0. The second-order valence-corrected chi connectivity index (χ2v) is 5.72. The number of likely N-dealkylation sites (tertiary alicyclic amines) is 1. The minimum absolute atomic E-state index is 0.0155. The van der Waals surface area contributed by atoms with E-state index in [1.54, 1.807) is 0 Å². The number of nitrogens with zero attached hydrogens (tertiary/aromatic N) is 2. The molecule has 3 rings (SSSR count). The zero-order valence-corrected chi connectivity index (χ0v) is 13.0. The molecule has 5 heteroatoms. The van der Waals surface area contributed by atoms with Gasteiger partial charge in [0.05, 0.1) is 11.7 Å². The fourth-order valence-corrected chi connectivity index (χ4v) is 2.79. The number of aryl methyl sites for hydroxylation is 2. The third-order valence-electron chi connectivity index (χ3n) is 4.08. The van der Waals surface area contributed by atoms with Crippen molar-refractivity contribution in [3.63, 3.8) is 0 Å². The second-order valence-electron chi connectivity index (χ2n) is 5.72. The highest BCUT2D eigenvalue weighted by Crippen LogP contribution is 2.32. The summed E-state index contributed by atoms with van der Waals surface area (Å²) in [5.41, 5.74) is 2.92. The molecular weight excluding hydrogens is 278 g/mol. The average molecular weight is 299 g/mol. The molecule has 0 radical (unpaired) electrons. The summed E-state index contributed by atoms with van der Waals surface area (Å²) < 4.78 is 5.41. The van der Waals surface area contributed by atoms with Crippen molar-refractivity contribution in [3.05, 3.63) is 47.3 Å². The van der Waals surface area contributed by atoms with E-state index in [1.165, 1.54) is 5.56 Å². The third kappa shape index (κ3) is 2.98. The molecule has 1 saturated heterocycles. The van der Waals surface area contributed by atoms with E-state index in [4.69, 9.17) is 4.52 Å². The molecule has 5 nitrogen and oxygen atoms in total. The maximum absolute atomic E-state index is 12.5. The molecule has 1 N–H and O–H groups in total. The van der Waals surface area contributed by atoms with Gasteiger partial charge in [0.15, 0.2) is 5.76 Å². The summed E-state index contributed by atoms with van der Waals surface area (Å²) in [5.74, 6) is 0.786. The van der Waals surface area contributed by atoms with E-state index in [1.807, 2.05) is 49.1 Å². The van der Waals surface area contributed by atoms with Gasteiger partial charge >= 0.3 is 6.03 Å². The summed E-state index contributed by atoms with van der Waals surface area (Å²) >= 11 is 0. The monoisotopic (exact) mass is 299 g/mol. The first-order valence-corrected chi connectivity index (χ1v) is 7.77. The van der Waals surface area contributed by atoms with E-state index in [2.05, 4.69) is 10.5 Å². The van der Waals surface area contributed by atoms with Crippen molar-refractivity contribution in [2.75, 3.05) is 11.9 Å². The first-order chi connectivity index (χ1) is 10.7. The summed E-state index contributed by atoms with van der Waals surface area (Å²) in [6, 6.07) is 9.67. The van der Waals surface area contributed by atoms with Crippen LogP contribution < -0.4 is 5.32 Å². The molecule has 0 saturated carbocycles. The van der Waals surface area contributed by atoms with E-state index in [9.17, 15) is 4.79 Å². The molecule has 2 amide bonds. The molecule has 1 aromatic carbocycles. The van der Waals surface area contributed by atoms with Crippen LogP contribution in [0.3, 0.4) is 0 Å². The van der Waals surface area contributed by atoms with Gasteiger partial charge in [-0.25, -0.2) is 4.79 Å². The molecule has 22 heavy (non-hydrogen) atoms. The van der Waals surface area contributed by atoms with Crippen molar-refractivity contribution in [1.29, 1.82) is 0 Å². The molecule has 116 valence electrons. The molecule has 1 fully saturated rings. The zero-order valence-electron chi connectivity index (χ0n) is 13.0. The lowest BCUT2D eigenvalue weighted by Crippen LogP contribution is -2.34. The number of carbonyl (C=O) groups excluding carboxylic acids is 1. The fourth-order valence-electron chi connectivity index (χ4n) is 2.79. The van der Waals surface area contributed by atoms with Crippen LogP contribution in [0, 0.1) is 6.92 Å². The van der Waals surface area contributed by atoms with Crippen LogP contribution in [-0.4, -0.2) is 22.6 Å². The van der Waals surface area contributed by atoms with Crippen molar-refractivity contribution < 1.29 is 9.32 Å². The van der Waals surface area contributed by atoms with Gasteiger partial charge in [0.2, 0.25) is 0 Å². The Morgan fingerprint density at radius 2 is 2.18 bits per heavy atom. The molecule has 2 aromatic rings. The van der Waals surface area contributed by atoms with Gasteiger partial charge in [-0.1, -0.05) is 29.8 Å². The Labute approximate surface area is 130 Å². The number of amides is 2. The summed E-state index contributed by atoms with van der Waals surface area (Å²) in [6.07, 6.45) is 2.74. The standard InChI is InChI=1S/C17H21N3O2/c1-3-13-11-16(22-19-13)15-5-4-10-20(15)17(21)18-14-8-6-12(2)7-9-14/h6-9,11,15H,3-5,10H2,1-2H3,(H,18,21)/t15-/m0/s1. The van der Waals surface area contributed by atoms with Crippen LogP contribution in [0.25, 0.3) is 0 Å². The van der Waals surface area contributed by atoms with Gasteiger partial charge in [0.1, 0.15) is 0 Å². The van der Waals surface area contributed by atoms with Gasteiger partial charge in [0, 0.05) is 18.3 Å². The van der Waals surface area contributed by atoms with Gasteiger partial charge in [-0.15, -0.1) is 0 Å². The normalized spacial score (nSPS) is 17.7. The maximum Gasteiger partial charge on any atom is 0.322 e. The van der Waals surface area contributed by atoms with Gasteiger partial charge in [-0.3, -0.25) is 0 Å². The molecule has 1 aliphatic heterocycles. The molecule has 2 heterocycles. The Hall–Kier alpha value is -2.30. The van der Waals surface area contributed by atoms with Gasteiger partial charge in [0.25, 0.3) is 0 Å². The smallest absolute Gasteiger partial charge is 0.322 e. The Bertz CT molecular complexity index is 648. The van der Waals surface area contributed by atoms with Gasteiger partial charge in [-0.05, 0) is 38.3 Å². The van der Waals surface area contributed by atoms with E-state index >= 15 is 0 Å². The summed E-state index contributed by atoms with van der Waals surface area (Å²) in [5, 5.41) is 6.99. The lowest BCUT2D eigenvalue weighted by molar-refractivity contribution is 0.195. The van der Waals surface area contributed by atoms with Crippen LogP contribution in [0.1, 0.15) is 42.8 Å². The first-order valence-electron chi connectivity index (χ1n) is 7.77. The number of benzene rings is 1. The number of anilines is 1. The highest BCUT2D eigenvalue weighted by molar-refractivity contribution is 5.89. The molecule has 0 spiro atoms. The number of nitrogens with one attached hydrogen (secondary N) is 1. The van der Waals surface area contributed by atoms with Crippen LogP contribution in [0.15, 0.2) is 34.9 Å². The zero-order chi connectivity index (χ0) is 15.5. The number of rotatable bonds is 3. The van der Waals surface area contributed by atoms with Crippen LogP contribution >= 0.6 is 0 Å².